The highest BCUT2D eigenvalue weighted by Crippen LogP contribution is 2.60. The van der Waals surface area contributed by atoms with Crippen molar-refractivity contribution in [2.45, 2.75) is 87.1 Å². The topological polar surface area (TPSA) is 58.7 Å². The fourth-order valence-corrected chi connectivity index (χ4v) is 5.46. The fourth-order valence-electron chi connectivity index (χ4n) is 5.46. The molecule has 3 heterocycles. The van der Waals surface area contributed by atoms with Gasteiger partial charge in [0.2, 0.25) is 5.82 Å². The Balaban J connectivity index is 2.05. The molecule has 0 atom stereocenters. The minimum absolute atomic E-state index is 0.00317. The second-order valence-corrected chi connectivity index (χ2v) is 10.8. The molecule has 0 unspecified atom stereocenters. The van der Waals surface area contributed by atoms with Crippen molar-refractivity contribution >= 4 is 22.8 Å². The van der Waals surface area contributed by atoms with Crippen molar-refractivity contribution in [3.8, 4) is 0 Å². The molecule has 2 aromatic rings. The van der Waals surface area contributed by atoms with Crippen molar-refractivity contribution in [3.63, 3.8) is 0 Å². The molecule has 6 heteroatoms. The zero-order valence-corrected chi connectivity index (χ0v) is 21.2. The second kappa shape index (κ2) is 6.27. The highest BCUT2D eigenvalue weighted by molar-refractivity contribution is 6.48. The van der Waals surface area contributed by atoms with E-state index in [9.17, 15) is 0 Å². The van der Waals surface area contributed by atoms with Gasteiger partial charge < -0.3 is 4.90 Å². The third kappa shape index (κ3) is 2.56. The molecular formula is C25H36N6. The third-order valence-electron chi connectivity index (χ3n) is 8.85. The predicted molar refractivity (Wildman–Crippen MR) is 129 cm³/mol. The molecule has 4 rings (SSSR count). The standard InChI is InChI=1S/C25H36N6/c1-13-14(2)21-18(23(6,7)24(8,9)25(10,11)30(21)12)15(3)19(13)27-20-16(4)28-31-22(20)26-17(5)29-31/h1-12H3. The van der Waals surface area contributed by atoms with Gasteiger partial charge in [-0.2, -0.15) is 5.10 Å². The van der Waals surface area contributed by atoms with Gasteiger partial charge in [-0.3, -0.25) is 0 Å². The van der Waals surface area contributed by atoms with Crippen LogP contribution in [0.4, 0.5) is 11.4 Å². The lowest BCUT2D eigenvalue weighted by molar-refractivity contribution is 0.0802. The molecule has 2 aliphatic rings. The van der Waals surface area contributed by atoms with Gasteiger partial charge in [0.25, 0.3) is 0 Å². The first-order chi connectivity index (χ1) is 14.1. The maximum absolute atomic E-state index is 5.18. The van der Waals surface area contributed by atoms with Crippen molar-refractivity contribution in [2.24, 2.45) is 15.5 Å². The smallest absolute Gasteiger partial charge is 0.204 e. The van der Waals surface area contributed by atoms with Crippen LogP contribution in [-0.4, -0.2) is 38.9 Å². The number of fused-ring (bicyclic) bond motifs is 2. The van der Waals surface area contributed by atoms with E-state index in [4.69, 9.17) is 4.99 Å². The molecule has 2 aliphatic heterocycles. The van der Waals surface area contributed by atoms with E-state index in [0.717, 1.165) is 22.9 Å². The summed E-state index contributed by atoms with van der Waals surface area (Å²) in [5.74, 6) is 1.43. The Morgan fingerprint density at radius 3 is 2.06 bits per heavy atom. The molecule has 1 aromatic heterocycles. The molecule has 0 saturated carbocycles. The van der Waals surface area contributed by atoms with Crippen LogP contribution in [0.25, 0.3) is 0 Å². The number of aromatic nitrogens is 3. The van der Waals surface area contributed by atoms with Gasteiger partial charge in [0, 0.05) is 18.3 Å². The van der Waals surface area contributed by atoms with Crippen molar-refractivity contribution in [3.05, 3.63) is 33.9 Å². The van der Waals surface area contributed by atoms with Crippen LogP contribution in [0.5, 0.6) is 0 Å². The molecule has 0 N–H and O–H groups in total. The van der Waals surface area contributed by atoms with E-state index in [1.807, 2.05) is 13.8 Å². The Hall–Kier alpha value is -2.50. The minimum atomic E-state index is -0.0365. The number of benzene rings is 1. The second-order valence-electron chi connectivity index (χ2n) is 10.8. The Labute approximate surface area is 186 Å². The number of hydrogen-bond donors (Lipinski definition) is 0. The summed E-state index contributed by atoms with van der Waals surface area (Å²) in [5.41, 5.74) is 9.20. The lowest BCUT2D eigenvalue weighted by atomic mass is 9.52. The summed E-state index contributed by atoms with van der Waals surface area (Å²) >= 11 is 0. The molecule has 0 spiro atoms. The van der Waals surface area contributed by atoms with Gasteiger partial charge in [-0.15, -0.1) is 9.89 Å². The highest BCUT2D eigenvalue weighted by atomic mass is 15.6. The molecular weight excluding hydrogens is 384 g/mol. The zero-order valence-electron chi connectivity index (χ0n) is 21.2. The molecule has 31 heavy (non-hydrogen) atoms. The number of rotatable bonds is 1. The van der Waals surface area contributed by atoms with Crippen molar-refractivity contribution in [1.29, 1.82) is 0 Å². The molecule has 0 bridgehead atoms. The maximum Gasteiger partial charge on any atom is 0.204 e. The monoisotopic (exact) mass is 420 g/mol. The lowest BCUT2D eigenvalue weighted by Gasteiger charge is -2.62. The predicted octanol–water partition coefficient (Wildman–Crippen LogP) is 5.40. The summed E-state index contributed by atoms with van der Waals surface area (Å²) in [4.78, 5) is 13.8. The van der Waals surface area contributed by atoms with Crippen LogP contribution in [0.15, 0.2) is 10.1 Å². The molecule has 0 fully saturated rings. The van der Waals surface area contributed by atoms with E-state index >= 15 is 0 Å². The van der Waals surface area contributed by atoms with E-state index < -0.39 is 0 Å². The van der Waals surface area contributed by atoms with Crippen LogP contribution in [0, 0.1) is 33.1 Å². The van der Waals surface area contributed by atoms with Crippen molar-refractivity contribution < 1.29 is 0 Å². The molecule has 6 nitrogen and oxygen atoms in total. The molecule has 1 aromatic carbocycles. The normalized spacial score (nSPS) is 21.9. The van der Waals surface area contributed by atoms with Gasteiger partial charge >= 0.3 is 0 Å². The van der Waals surface area contributed by atoms with Crippen LogP contribution in [0.2, 0.25) is 0 Å². The maximum atomic E-state index is 5.18. The Bertz CT molecular complexity index is 1170. The number of aryl methyl sites for hydroxylation is 1. The molecule has 0 radical (unpaired) electrons. The quantitative estimate of drug-likeness (QED) is 0.620. The first-order valence-electron chi connectivity index (χ1n) is 11.1. The van der Waals surface area contributed by atoms with Crippen molar-refractivity contribution in [2.75, 3.05) is 11.9 Å². The fraction of sp³-hybridized carbons (Fsp3) is 0.600. The first kappa shape index (κ1) is 21.7. The minimum Gasteiger partial charge on any atom is -0.368 e. The van der Waals surface area contributed by atoms with Gasteiger partial charge in [-0.25, -0.2) is 9.98 Å². The summed E-state index contributed by atoms with van der Waals surface area (Å²) in [6.07, 6.45) is 0. The third-order valence-corrected chi connectivity index (χ3v) is 8.85. The van der Waals surface area contributed by atoms with Gasteiger partial charge in [0.1, 0.15) is 5.71 Å². The number of hydrogen-bond acceptors (Lipinski definition) is 5. The summed E-state index contributed by atoms with van der Waals surface area (Å²) in [6, 6.07) is 0. The Morgan fingerprint density at radius 2 is 1.45 bits per heavy atom. The van der Waals surface area contributed by atoms with Crippen LogP contribution < -0.4 is 4.90 Å². The van der Waals surface area contributed by atoms with Gasteiger partial charge in [0.05, 0.1) is 11.4 Å². The SMILES string of the molecule is CC1=Nn2nc(C)nc2C1=Nc1c(C)c(C)c2c(c1C)C(C)(C)C(C)(C)C(C)(C)N2C. The number of anilines is 1. The summed E-state index contributed by atoms with van der Waals surface area (Å²) in [5, 5.41) is 8.89. The lowest BCUT2D eigenvalue weighted by Crippen LogP contribution is -2.63. The zero-order chi connectivity index (χ0) is 23.3. The number of aliphatic imine (C=N–C) groups is 1. The largest absolute Gasteiger partial charge is 0.368 e. The summed E-state index contributed by atoms with van der Waals surface area (Å²) in [6.45, 7) is 24.8. The first-order valence-corrected chi connectivity index (χ1v) is 11.1. The van der Waals surface area contributed by atoms with E-state index in [0.29, 0.717) is 5.82 Å². The average Bonchev–Trinajstić information content (AvgIpc) is 3.14. The summed E-state index contributed by atoms with van der Waals surface area (Å²) < 4.78 is 0. The van der Waals surface area contributed by atoms with E-state index in [1.165, 1.54) is 27.9 Å². The molecule has 0 saturated heterocycles. The van der Waals surface area contributed by atoms with Crippen LogP contribution in [0.1, 0.15) is 82.4 Å². The van der Waals surface area contributed by atoms with Crippen molar-refractivity contribution in [1.82, 2.24) is 14.9 Å². The molecule has 166 valence electrons. The Morgan fingerprint density at radius 1 is 0.839 bits per heavy atom. The summed E-state index contributed by atoms with van der Waals surface area (Å²) in [7, 11) is 2.24. The van der Waals surface area contributed by atoms with Crippen LogP contribution >= 0.6 is 0 Å². The van der Waals surface area contributed by atoms with E-state index in [2.05, 4.69) is 89.4 Å². The molecule has 0 aliphatic carbocycles. The average molecular weight is 421 g/mol. The van der Waals surface area contributed by atoms with Crippen LogP contribution in [0.3, 0.4) is 0 Å². The van der Waals surface area contributed by atoms with Crippen LogP contribution in [-0.2, 0) is 5.41 Å². The Kier molecular flexibility index (Phi) is 4.39. The van der Waals surface area contributed by atoms with Gasteiger partial charge in [-0.1, -0.05) is 27.7 Å². The van der Waals surface area contributed by atoms with E-state index in [-0.39, 0.29) is 16.4 Å². The number of nitrogens with zero attached hydrogens (tertiary/aromatic N) is 6. The van der Waals surface area contributed by atoms with Gasteiger partial charge in [-0.05, 0) is 81.5 Å². The molecule has 0 amide bonds. The van der Waals surface area contributed by atoms with E-state index in [1.54, 1.807) is 4.79 Å². The van der Waals surface area contributed by atoms with Gasteiger partial charge in [0.15, 0.2) is 5.82 Å². The highest BCUT2D eigenvalue weighted by Gasteiger charge is 2.56.